The van der Waals surface area contributed by atoms with E-state index < -0.39 is 12.0 Å². The number of hydrogen-bond donors (Lipinski definition) is 2. The van der Waals surface area contributed by atoms with Crippen LogP contribution in [0.3, 0.4) is 0 Å². The number of carbonyl (C=O) groups is 2. The molecule has 122 valence electrons. The largest absolute Gasteiger partial charge is 0.480 e. The number of carbonyl (C=O) groups excluding carboxylic acids is 1. The number of nitrogens with two attached hydrogens (primary N) is 1. The van der Waals surface area contributed by atoms with Crippen LogP contribution >= 0.6 is 0 Å². The summed E-state index contributed by atoms with van der Waals surface area (Å²) < 4.78 is 0. The molecule has 0 saturated carbocycles. The van der Waals surface area contributed by atoms with Gasteiger partial charge in [-0.3, -0.25) is 4.79 Å². The van der Waals surface area contributed by atoms with Crippen molar-refractivity contribution >= 4 is 11.9 Å². The average Bonchev–Trinajstić information content (AvgIpc) is 2.45. The highest BCUT2D eigenvalue weighted by atomic mass is 16.4. The van der Waals surface area contributed by atoms with Crippen molar-refractivity contribution in [2.75, 3.05) is 13.1 Å². The van der Waals surface area contributed by atoms with E-state index >= 15 is 0 Å². The normalized spacial score (nSPS) is 24.1. The highest BCUT2D eigenvalue weighted by molar-refractivity contribution is 5.84. The second kappa shape index (κ2) is 8.37. The lowest BCUT2D eigenvalue weighted by Crippen LogP contribution is -2.50. The van der Waals surface area contributed by atoms with E-state index in [1.807, 2.05) is 0 Å². The third-order valence-electron chi connectivity index (χ3n) is 4.50. The van der Waals surface area contributed by atoms with Gasteiger partial charge in [0, 0.05) is 13.0 Å². The van der Waals surface area contributed by atoms with Crippen molar-refractivity contribution in [3.05, 3.63) is 0 Å². The highest BCUT2D eigenvalue weighted by Gasteiger charge is 2.35. The van der Waals surface area contributed by atoms with Crippen LogP contribution in [-0.2, 0) is 9.59 Å². The average molecular weight is 298 g/mol. The molecule has 3 N–H and O–H groups in total. The number of hydrogen-bond acceptors (Lipinski definition) is 3. The van der Waals surface area contributed by atoms with Gasteiger partial charge in [-0.15, -0.1) is 0 Å². The molecule has 0 aromatic carbocycles. The molecular weight excluding hydrogens is 268 g/mol. The Labute approximate surface area is 127 Å². The second-order valence-corrected chi connectivity index (χ2v) is 6.68. The minimum Gasteiger partial charge on any atom is -0.480 e. The summed E-state index contributed by atoms with van der Waals surface area (Å²) in [7, 11) is 0. The Bertz CT molecular complexity index is 357. The molecule has 1 fully saturated rings. The van der Waals surface area contributed by atoms with E-state index in [9.17, 15) is 14.7 Å². The maximum Gasteiger partial charge on any atom is 0.326 e. The van der Waals surface area contributed by atoms with E-state index in [-0.39, 0.29) is 11.8 Å². The van der Waals surface area contributed by atoms with E-state index in [1.54, 1.807) is 4.90 Å². The topological polar surface area (TPSA) is 83.6 Å². The van der Waals surface area contributed by atoms with Crippen LogP contribution in [0.5, 0.6) is 0 Å². The molecular formula is C16H30N2O3. The smallest absolute Gasteiger partial charge is 0.326 e. The van der Waals surface area contributed by atoms with Gasteiger partial charge >= 0.3 is 5.97 Å². The number of carboxylic acid groups (broad SMARTS) is 1. The monoisotopic (exact) mass is 298 g/mol. The first-order chi connectivity index (χ1) is 9.88. The van der Waals surface area contributed by atoms with Crippen LogP contribution in [0.1, 0.15) is 52.9 Å². The summed E-state index contributed by atoms with van der Waals surface area (Å²) in [5, 5.41) is 9.39. The summed E-state index contributed by atoms with van der Waals surface area (Å²) in [5.41, 5.74) is 5.75. The van der Waals surface area contributed by atoms with Crippen LogP contribution in [0.25, 0.3) is 0 Å². The molecule has 1 aliphatic rings. The molecule has 5 heteroatoms. The lowest BCUT2D eigenvalue weighted by atomic mass is 9.87. The van der Waals surface area contributed by atoms with Gasteiger partial charge in [0.2, 0.25) is 5.91 Å². The SMILES string of the molecule is CCC1CCN(C(=O)C[C@@H](CN)CC(C)C)C(C(=O)O)C1. The van der Waals surface area contributed by atoms with Gasteiger partial charge in [0.1, 0.15) is 6.04 Å². The van der Waals surface area contributed by atoms with Crippen molar-refractivity contribution in [2.24, 2.45) is 23.5 Å². The molecule has 0 bridgehead atoms. The van der Waals surface area contributed by atoms with E-state index in [4.69, 9.17) is 5.73 Å². The van der Waals surface area contributed by atoms with Crippen molar-refractivity contribution in [1.29, 1.82) is 0 Å². The highest BCUT2D eigenvalue weighted by Crippen LogP contribution is 2.27. The van der Waals surface area contributed by atoms with Crippen LogP contribution in [-0.4, -0.2) is 41.0 Å². The van der Waals surface area contributed by atoms with Crippen LogP contribution in [0.4, 0.5) is 0 Å². The second-order valence-electron chi connectivity index (χ2n) is 6.68. The number of carboxylic acids is 1. The van der Waals surface area contributed by atoms with Gasteiger partial charge in [-0.25, -0.2) is 4.79 Å². The summed E-state index contributed by atoms with van der Waals surface area (Å²) in [4.78, 5) is 25.5. The molecule has 1 saturated heterocycles. The third kappa shape index (κ3) is 5.30. The predicted octanol–water partition coefficient (Wildman–Crippen LogP) is 2.10. The number of likely N-dealkylation sites (tertiary alicyclic amines) is 1. The number of aliphatic carboxylic acids is 1. The van der Waals surface area contributed by atoms with Crippen molar-refractivity contribution in [3.63, 3.8) is 0 Å². The summed E-state index contributed by atoms with van der Waals surface area (Å²) >= 11 is 0. The van der Waals surface area contributed by atoms with Crippen molar-refractivity contribution < 1.29 is 14.7 Å². The van der Waals surface area contributed by atoms with E-state index in [2.05, 4.69) is 20.8 Å². The van der Waals surface area contributed by atoms with Crippen molar-refractivity contribution in [2.45, 2.75) is 58.9 Å². The molecule has 5 nitrogen and oxygen atoms in total. The standard InChI is InChI=1S/C16H30N2O3/c1-4-12-5-6-18(14(8-12)16(20)21)15(19)9-13(10-17)7-11(2)3/h11-14H,4-10,17H2,1-3H3,(H,20,21)/t12?,13-,14?/m0/s1. The third-order valence-corrected chi connectivity index (χ3v) is 4.50. The van der Waals surface area contributed by atoms with Gasteiger partial charge in [0.25, 0.3) is 0 Å². The summed E-state index contributed by atoms with van der Waals surface area (Å²) in [5.74, 6) is 0.127. The van der Waals surface area contributed by atoms with Gasteiger partial charge < -0.3 is 15.7 Å². The Morgan fingerprint density at radius 3 is 2.52 bits per heavy atom. The van der Waals surface area contributed by atoms with Crippen LogP contribution in [0, 0.1) is 17.8 Å². The van der Waals surface area contributed by atoms with E-state index in [0.29, 0.717) is 37.8 Å². The molecule has 0 spiro atoms. The van der Waals surface area contributed by atoms with Gasteiger partial charge in [0.15, 0.2) is 0 Å². The number of piperidine rings is 1. The minimum atomic E-state index is -0.880. The van der Waals surface area contributed by atoms with E-state index in [0.717, 1.165) is 19.3 Å². The minimum absolute atomic E-state index is 0.0481. The maximum atomic E-state index is 12.5. The Morgan fingerprint density at radius 1 is 1.38 bits per heavy atom. The zero-order valence-electron chi connectivity index (χ0n) is 13.5. The predicted molar refractivity (Wildman–Crippen MR) is 82.8 cm³/mol. The molecule has 1 rings (SSSR count). The van der Waals surface area contributed by atoms with E-state index in [1.165, 1.54) is 0 Å². The number of amides is 1. The maximum absolute atomic E-state index is 12.5. The van der Waals surface area contributed by atoms with Crippen LogP contribution in [0.15, 0.2) is 0 Å². The quantitative estimate of drug-likeness (QED) is 0.754. The van der Waals surface area contributed by atoms with Crippen molar-refractivity contribution in [1.82, 2.24) is 4.90 Å². The van der Waals surface area contributed by atoms with Gasteiger partial charge in [-0.05, 0) is 43.6 Å². The zero-order valence-corrected chi connectivity index (χ0v) is 13.5. The Hall–Kier alpha value is -1.10. The molecule has 0 aromatic heterocycles. The van der Waals surface area contributed by atoms with Crippen molar-refractivity contribution in [3.8, 4) is 0 Å². The lowest BCUT2D eigenvalue weighted by Gasteiger charge is -2.37. The fourth-order valence-electron chi connectivity index (χ4n) is 3.24. The van der Waals surface area contributed by atoms with Gasteiger partial charge in [0.05, 0.1) is 0 Å². The molecule has 21 heavy (non-hydrogen) atoms. The molecule has 1 aliphatic heterocycles. The molecule has 1 heterocycles. The Kier molecular flexibility index (Phi) is 7.15. The first-order valence-corrected chi connectivity index (χ1v) is 8.11. The summed E-state index contributed by atoms with van der Waals surface area (Å²) in [6.45, 7) is 7.34. The summed E-state index contributed by atoms with van der Waals surface area (Å²) in [6.07, 6.45) is 3.74. The Morgan fingerprint density at radius 2 is 2.05 bits per heavy atom. The van der Waals surface area contributed by atoms with Gasteiger partial charge in [-0.1, -0.05) is 27.2 Å². The first-order valence-electron chi connectivity index (χ1n) is 8.11. The zero-order chi connectivity index (χ0) is 16.0. The number of nitrogens with zero attached hydrogens (tertiary/aromatic N) is 1. The van der Waals surface area contributed by atoms with Crippen LogP contribution < -0.4 is 5.73 Å². The molecule has 1 amide bonds. The van der Waals surface area contributed by atoms with Crippen LogP contribution in [0.2, 0.25) is 0 Å². The molecule has 0 radical (unpaired) electrons. The molecule has 0 aliphatic carbocycles. The fraction of sp³-hybridized carbons (Fsp3) is 0.875. The summed E-state index contributed by atoms with van der Waals surface area (Å²) in [6, 6.07) is -0.659. The number of rotatable bonds is 7. The lowest BCUT2D eigenvalue weighted by molar-refractivity contribution is -0.153. The fourth-order valence-corrected chi connectivity index (χ4v) is 3.24. The Balaban J connectivity index is 2.68. The van der Waals surface area contributed by atoms with Gasteiger partial charge in [-0.2, -0.15) is 0 Å². The molecule has 3 atom stereocenters. The first kappa shape index (κ1) is 18.0. The molecule has 0 aromatic rings. The molecule has 2 unspecified atom stereocenters.